The summed E-state index contributed by atoms with van der Waals surface area (Å²) in [5.41, 5.74) is -0.0813. The Balaban J connectivity index is 3.24. The maximum Gasteiger partial charge on any atom is 0.335 e. The molecule has 5 nitrogen and oxygen atoms in total. The number of hydrogen-bond acceptors (Lipinski definition) is 3. The average molecular weight is 230 g/mol. The fraction of sp³-hybridized carbons (Fsp3) is 0.111. The largest absolute Gasteiger partial charge is 0.506 e. The Bertz CT molecular complexity index is 430. The van der Waals surface area contributed by atoms with E-state index in [2.05, 4.69) is 5.32 Å². The second-order valence-electron chi connectivity index (χ2n) is 2.84. The third-order valence-electron chi connectivity index (χ3n) is 1.61. The smallest absolute Gasteiger partial charge is 0.335 e. The van der Waals surface area contributed by atoms with Crippen LogP contribution in [0.2, 0.25) is 5.02 Å². The molecule has 1 amide bonds. The molecule has 0 radical (unpaired) electrons. The maximum absolute atomic E-state index is 10.8. The molecule has 0 heterocycles. The number of aromatic carboxylic acids is 1. The Morgan fingerprint density at radius 2 is 2.00 bits per heavy atom. The van der Waals surface area contributed by atoms with E-state index < -0.39 is 11.9 Å². The zero-order chi connectivity index (χ0) is 11.6. The van der Waals surface area contributed by atoms with Crippen LogP contribution in [0.5, 0.6) is 5.75 Å². The summed E-state index contributed by atoms with van der Waals surface area (Å²) < 4.78 is 0. The van der Waals surface area contributed by atoms with Crippen LogP contribution in [0.3, 0.4) is 0 Å². The van der Waals surface area contributed by atoms with Crippen LogP contribution in [0.15, 0.2) is 12.1 Å². The Morgan fingerprint density at radius 1 is 1.40 bits per heavy atom. The number of rotatable bonds is 2. The van der Waals surface area contributed by atoms with Gasteiger partial charge in [0, 0.05) is 6.92 Å². The zero-order valence-electron chi connectivity index (χ0n) is 7.74. The molecule has 0 unspecified atom stereocenters. The van der Waals surface area contributed by atoms with Crippen LogP contribution < -0.4 is 5.32 Å². The summed E-state index contributed by atoms with van der Waals surface area (Å²) in [4.78, 5) is 21.4. The highest BCUT2D eigenvalue weighted by atomic mass is 35.5. The van der Waals surface area contributed by atoms with Crippen molar-refractivity contribution in [1.82, 2.24) is 0 Å². The van der Waals surface area contributed by atoms with Gasteiger partial charge in [0.25, 0.3) is 0 Å². The van der Waals surface area contributed by atoms with Crippen molar-refractivity contribution in [1.29, 1.82) is 0 Å². The molecule has 15 heavy (non-hydrogen) atoms. The number of nitrogens with one attached hydrogen (secondary N) is 1. The van der Waals surface area contributed by atoms with Crippen molar-refractivity contribution in [2.75, 3.05) is 5.32 Å². The highest BCUT2D eigenvalue weighted by Gasteiger charge is 2.12. The lowest BCUT2D eigenvalue weighted by atomic mass is 10.2. The highest BCUT2D eigenvalue weighted by Crippen LogP contribution is 2.32. The molecule has 3 N–H and O–H groups in total. The Labute approximate surface area is 90.3 Å². The van der Waals surface area contributed by atoms with E-state index in [0.29, 0.717) is 0 Å². The van der Waals surface area contributed by atoms with Gasteiger partial charge in [0.2, 0.25) is 5.91 Å². The van der Waals surface area contributed by atoms with Gasteiger partial charge < -0.3 is 15.5 Å². The van der Waals surface area contributed by atoms with Gasteiger partial charge in [-0.05, 0) is 12.1 Å². The predicted molar refractivity (Wildman–Crippen MR) is 54.4 cm³/mol. The lowest BCUT2D eigenvalue weighted by Gasteiger charge is -2.07. The molecule has 1 aromatic rings. The molecule has 0 saturated carbocycles. The minimum absolute atomic E-state index is 0.0709. The monoisotopic (exact) mass is 229 g/mol. The third-order valence-corrected chi connectivity index (χ3v) is 2.01. The van der Waals surface area contributed by atoms with Crippen LogP contribution >= 0.6 is 11.6 Å². The van der Waals surface area contributed by atoms with E-state index in [1.807, 2.05) is 0 Å². The zero-order valence-corrected chi connectivity index (χ0v) is 8.50. The summed E-state index contributed by atoms with van der Waals surface area (Å²) in [5.74, 6) is -2.01. The molecule has 0 aromatic heterocycles. The molecule has 0 bridgehead atoms. The number of carboxylic acids is 1. The van der Waals surface area contributed by atoms with Gasteiger partial charge in [-0.15, -0.1) is 0 Å². The molecule has 0 aliphatic rings. The number of amides is 1. The molecule has 6 heteroatoms. The predicted octanol–water partition coefficient (Wildman–Crippen LogP) is 1.70. The number of phenolic OH excluding ortho intramolecular Hbond substituents is 1. The topological polar surface area (TPSA) is 86.6 Å². The van der Waals surface area contributed by atoms with Crippen molar-refractivity contribution in [3.05, 3.63) is 22.7 Å². The molecular formula is C9H8ClNO4. The number of hydrogen-bond donors (Lipinski definition) is 3. The Morgan fingerprint density at radius 3 is 2.47 bits per heavy atom. The van der Waals surface area contributed by atoms with E-state index in [-0.39, 0.29) is 22.0 Å². The Kier molecular flexibility index (Phi) is 3.16. The molecule has 0 saturated heterocycles. The van der Waals surface area contributed by atoms with Crippen LogP contribution in [-0.2, 0) is 4.79 Å². The molecule has 0 aliphatic heterocycles. The number of benzene rings is 1. The van der Waals surface area contributed by atoms with Crippen molar-refractivity contribution in [3.63, 3.8) is 0 Å². The number of carbonyl (C=O) groups excluding carboxylic acids is 1. The standard InChI is InChI=1S/C9H8ClNO4/c1-4(12)11-6-2-5(9(14)15)3-7(13)8(6)10/h2-3,13H,1H3,(H,11,12)(H,14,15). The van der Waals surface area contributed by atoms with Crippen molar-refractivity contribution < 1.29 is 19.8 Å². The first-order valence-corrected chi connectivity index (χ1v) is 4.33. The Hall–Kier alpha value is -1.75. The first-order chi connectivity index (χ1) is 6.91. The minimum atomic E-state index is -1.21. The van der Waals surface area contributed by atoms with Gasteiger partial charge in [0.05, 0.1) is 11.3 Å². The summed E-state index contributed by atoms with van der Waals surface area (Å²) in [6, 6.07) is 2.18. The number of carbonyl (C=O) groups is 2. The highest BCUT2D eigenvalue weighted by molar-refractivity contribution is 6.35. The van der Waals surface area contributed by atoms with Gasteiger partial charge in [-0.3, -0.25) is 4.79 Å². The summed E-state index contributed by atoms with van der Waals surface area (Å²) in [6.07, 6.45) is 0. The van der Waals surface area contributed by atoms with Crippen LogP contribution in [0.4, 0.5) is 5.69 Å². The van der Waals surface area contributed by atoms with Crippen LogP contribution in [-0.4, -0.2) is 22.1 Å². The molecule has 0 spiro atoms. The van der Waals surface area contributed by atoms with Crippen molar-refractivity contribution in [3.8, 4) is 5.75 Å². The normalized spacial score (nSPS) is 9.73. The second kappa shape index (κ2) is 4.18. The van der Waals surface area contributed by atoms with Crippen LogP contribution in [0.1, 0.15) is 17.3 Å². The number of anilines is 1. The molecule has 0 aliphatic carbocycles. The van der Waals surface area contributed by atoms with Crippen molar-refractivity contribution >= 4 is 29.2 Å². The van der Waals surface area contributed by atoms with E-state index in [0.717, 1.165) is 6.07 Å². The number of phenols is 1. The van der Waals surface area contributed by atoms with Gasteiger partial charge in [0.1, 0.15) is 10.8 Å². The molecule has 0 atom stereocenters. The van der Waals surface area contributed by atoms with Crippen molar-refractivity contribution in [2.45, 2.75) is 6.92 Å². The first kappa shape index (κ1) is 11.3. The lowest BCUT2D eigenvalue weighted by molar-refractivity contribution is -0.114. The fourth-order valence-electron chi connectivity index (χ4n) is 1.01. The SMILES string of the molecule is CC(=O)Nc1cc(C(=O)O)cc(O)c1Cl. The van der Waals surface area contributed by atoms with E-state index in [1.54, 1.807) is 0 Å². The number of carboxylic acid groups (broad SMARTS) is 1. The maximum atomic E-state index is 10.8. The lowest BCUT2D eigenvalue weighted by Crippen LogP contribution is -2.07. The van der Waals surface area contributed by atoms with E-state index in [9.17, 15) is 14.7 Å². The summed E-state index contributed by atoms with van der Waals surface area (Å²) in [7, 11) is 0. The third kappa shape index (κ3) is 2.60. The molecule has 0 fully saturated rings. The fourth-order valence-corrected chi connectivity index (χ4v) is 1.17. The molecule has 1 aromatic carbocycles. The van der Waals surface area contributed by atoms with Crippen LogP contribution in [0, 0.1) is 0 Å². The number of halogens is 1. The van der Waals surface area contributed by atoms with Crippen molar-refractivity contribution in [2.24, 2.45) is 0 Å². The van der Waals surface area contributed by atoms with E-state index in [1.165, 1.54) is 13.0 Å². The summed E-state index contributed by atoms with van der Waals surface area (Å²) in [5, 5.41) is 20.2. The quantitative estimate of drug-likeness (QED) is 0.720. The van der Waals surface area contributed by atoms with Crippen LogP contribution in [0.25, 0.3) is 0 Å². The minimum Gasteiger partial charge on any atom is -0.506 e. The van der Waals surface area contributed by atoms with Gasteiger partial charge in [0.15, 0.2) is 0 Å². The van der Waals surface area contributed by atoms with E-state index in [4.69, 9.17) is 16.7 Å². The second-order valence-corrected chi connectivity index (χ2v) is 3.22. The first-order valence-electron chi connectivity index (χ1n) is 3.95. The summed E-state index contributed by atoms with van der Waals surface area (Å²) in [6.45, 7) is 1.25. The molecule has 1 rings (SSSR count). The van der Waals surface area contributed by atoms with Gasteiger partial charge in [-0.2, -0.15) is 0 Å². The average Bonchev–Trinajstić information content (AvgIpc) is 2.11. The molecular weight excluding hydrogens is 222 g/mol. The molecule has 80 valence electrons. The van der Waals surface area contributed by atoms with Gasteiger partial charge in [-0.1, -0.05) is 11.6 Å². The number of aromatic hydroxyl groups is 1. The van der Waals surface area contributed by atoms with E-state index >= 15 is 0 Å². The van der Waals surface area contributed by atoms with Gasteiger partial charge in [-0.25, -0.2) is 4.79 Å². The summed E-state index contributed by atoms with van der Waals surface area (Å²) >= 11 is 5.66. The van der Waals surface area contributed by atoms with Gasteiger partial charge >= 0.3 is 5.97 Å².